The van der Waals surface area contributed by atoms with Gasteiger partial charge in [-0.05, 0) is 57.8 Å². The Hall–Kier alpha value is -1.80. The average molecular weight is 576 g/mol. The van der Waals surface area contributed by atoms with Crippen LogP contribution in [0, 0.1) is 23.2 Å². The van der Waals surface area contributed by atoms with Gasteiger partial charge in [0, 0.05) is 30.4 Å². The van der Waals surface area contributed by atoms with Crippen LogP contribution in [0.5, 0.6) is 0 Å². The molecule has 6 atom stereocenters. The van der Waals surface area contributed by atoms with Gasteiger partial charge >= 0.3 is 0 Å². The van der Waals surface area contributed by atoms with Crippen molar-refractivity contribution in [2.24, 2.45) is 23.2 Å². The summed E-state index contributed by atoms with van der Waals surface area (Å²) < 4.78 is -1.16. The van der Waals surface area contributed by atoms with Crippen LogP contribution in [0.25, 0.3) is 0 Å². The van der Waals surface area contributed by atoms with E-state index in [1.807, 2.05) is 4.90 Å². The number of amides is 3. The number of carbonyl (C=O) groups is 3. The van der Waals surface area contributed by atoms with Crippen molar-refractivity contribution >= 4 is 29.5 Å². The zero-order chi connectivity index (χ0) is 30.4. The number of aliphatic hydroxyl groups is 1. The van der Waals surface area contributed by atoms with E-state index in [0.717, 1.165) is 12.8 Å². The van der Waals surface area contributed by atoms with Gasteiger partial charge in [0.15, 0.2) is 0 Å². The number of aliphatic hydroxyl groups excluding tert-OH is 1. The molecule has 3 aliphatic heterocycles. The van der Waals surface area contributed by atoms with E-state index < -0.39 is 39.0 Å². The van der Waals surface area contributed by atoms with Crippen molar-refractivity contribution in [1.29, 1.82) is 0 Å². The number of thioether (sulfide) groups is 1. The standard InChI is InChI=1S/C32H53N3O4S/c1-12-16-33(11)26(37)23-24-27(38)35(22(19-36)18-21(3)4)25(32(24)15-14-31(23,10)40-32)28(39)34(17-13-2)30(8,9)20-29(5,6)7/h12-13,21-25,36H,1-2,14-20H2,3-11H3/t22-,23+,24+,25?,31-,32?/m1/s1. The molecule has 1 N–H and O–H groups in total. The molecule has 3 amide bonds. The summed E-state index contributed by atoms with van der Waals surface area (Å²) in [5.41, 5.74) is -0.522. The van der Waals surface area contributed by atoms with E-state index in [9.17, 15) is 19.5 Å². The molecule has 3 aliphatic rings. The summed E-state index contributed by atoms with van der Waals surface area (Å²) in [6.45, 7) is 25.2. The van der Waals surface area contributed by atoms with Gasteiger partial charge in [0.1, 0.15) is 6.04 Å². The van der Waals surface area contributed by atoms with Crippen LogP contribution in [0.2, 0.25) is 0 Å². The fourth-order valence-electron chi connectivity index (χ4n) is 8.06. The summed E-state index contributed by atoms with van der Waals surface area (Å²) in [6.07, 6.45) is 6.25. The van der Waals surface area contributed by atoms with Crippen LogP contribution in [0.15, 0.2) is 25.3 Å². The van der Waals surface area contributed by atoms with E-state index >= 15 is 0 Å². The van der Waals surface area contributed by atoms with Crippen LogP contribution in [0.4, 0.5) is 0 Å². The number of hydrogen-bond acceptors (Lipinski definition) is 5. The number of fused-ring (bicyclic) bond motifs is 1. The fraction of sp³-hybridized carbons (Fsp3) is 0.781. The molecule has 0 aromatic heterocycles. The molecular formula is C32H53N3O4S. The van der Waals surface area contributed by atoms with Crippen LogP contribution in [0.3, 0.4) is 0 Å². The van der Waals surface area contributed by atoms with Crippen molar-refractivity contribution in [3.63, 3.8) is 0 Å². The van der Waals surface area contributed by atoms with Gasteiger partial charge in [0.05, 0.1) is 29.2 Å². The maximum atomic E-state index is 15.0. The zero-order valence-corrected chi connectivity index (χ0v) is 27.1. The molecule has 0 aromatic rings. The quantitative estimate of drug-likeness (QED) is 0.340. The second-order valence-corrected chi connectivity index (χ2v) is 16.6. The molecule has 0 radical (unpaired) electrons. The van der Waals surface area contributed by atoms with Crippen LogP contribution in [-0.2, 0) is 14.4 Å². The number of hydrogen-bond donors (Lipinski definition) is 1. The SMILES string of the molecule is C=CCN(C)C(=O)[C@@H]1[C@H]2C(=O)N([C@@H](CO)CC(C)C)C(C(=O)N(CC=C)C(C)(C)CC(C)(C)C)C23CC[C@@]1(C)S3. The number of likely N-dealkylation sites (tertiary alicyclic amines) is 1. The highest BCUT2D eigenvalue weighted by Gasteiger charge is 2.78. The Morgan fingerprint density at radius 3 is 2.23 bits per heavy atom. The largest absolute Gasteiger partial charge is 0.394 e. The van der Waals surface area contributed by atoms with E-state index in [4.69, 9.17) is 0 Å². The lowest BCUT2D eigenvalue weighted by molar-refractivity contribution is -0.150. The Morgan fingerprint density at radius 2 is 1.73 bits per heavy atom. The van der Waals surface area contributed by atoms with Crippen molar-refractivity contribution < 1.29 is 19.5 Å². The summed E-state index contributed by atoms with van der Waals surface area (Å²) in [4.78, 5) is 48.7. The van der Waals surface area contributed by atoms with Crippen molar-refractivity contribution in [2.75, 3.05) is 26.7 Å². The van der Waals surface area contributed by atoms with Crippen molar-refractivity contribution in [3.8, 4) is 0 Å². The second kappa shape index (κ2) is 11.5. The lowest BCUT2D eigenvalue weighted by Gasteiger charge is -2.46. The number of likely N-dealkylation sites (N-methyl/N-ethyl adjacent to an activating group) is 1. The number of carbonyl (C=O) groups excluding carboxylic acids is 3. The topological polar surface area (TPSA) is 81.2 Å². The molecule has 7 nitrogen and oxygen atoms in total. The molecular weight excluding hydrogens is 522 g/mol. The Kier molecular flexibility index (Phi) is 9.38. The third-order valence-corrected chi connectivity index (χ3v) is 11.1. The normalized spacial score (nSPS) is 30.4. The second-order valence-electron chi connectivity index (χ2n) is 14.7. The minimum atomic E-state index is -0.755. The predicted molar refractivity (Wildman–Crippen MR) is 164 cm³/mol. The molecule has 8 heteroatoms. The molecule has 40 heavy (non-hydrogen) atoms. The first-order valence-electron chi connectivity index (χ1n) is 14.8. The van der Waals surface area contributed by atoms with Gasteiger partial charge in [0.2, 0.25) is 17.7 Å². The maximum Gasteiger partial charge on any atom is 0.247 e. The molecule has 2 unspecified atom stereocenters. The first kappa shape index (κ1) is 32.7. The molecule has 3 fully saturated rings. The number of nitrogens with zero attached hydrogens (tertiary/aromatic N) is 3. The summed E-state index contributed by atoms with van der Waals surface area (Å²) in [5.74, 6) is -1.25. The Bertz CT molecular complexity index is 1020. The average Bonchev–Trinajstić information content (AvgIpc) is 3.39. The van der Waals surface area contributed by atoms with Crippen molar-refractivity contribution in [3.05, 3.63) is 25.3 Å². The minimum Gasteiger partial charge on any atom is -0.394 e. The van der Waals surface area contributed by atoms with Crippen LogP contribution in [-0.4, -0.2) is 91.4 Å². The molecule has 3 saturated heterocycles. The minimum absolute atomic E-state index is 0.0260. The molecule has 2 bridgehead atoms. The Morgan fingerprint density at radius 1 is 1.12 bits per heavy atom. The summed E-state index contributed by atoms with van der Waals surface area (Å²) in [6, 6.07) is -1.25. The lowest BCUT2D eigenvalue weighted by Crippen LogP contribution is -2.61. The Balaban J connectivity index is 2.19. The van der Waals surface area contributed by atoms with Crippen molar-refractivity contribution in [2.45, 2.75) is 108 Å². The van der Waals surface area contributed by atoms with Gasteiger partial charge < -0.3 is 19.8 Å². The monoisotopic (exact) mass is 575 g/mol. The van der Waals surface area contributed by atoms with E-state index in [1.54, 1.807) is 40.8 Å². The summed E-state index contributed by atoms with van der Waals surface area (Å²) in [7, 11) is 1.76. The van der Waals surface area contributed by atoms with Crippen LogP contribution in [0.1, 0.15) is 81.1 Å². The molecule has 0 saturated carbocycles. The highest BCUT2D eigenvalue weighted by molar-refractivity contribution is 8.02. The highest BCUT2D eigenvalue weighted by atomic mass is 32.2. The maximum absolute atomic E-state index is 15.0. The van der Waals surface area contributed by atoms with Gasteiger partial charge in [-0.15, -0.1) is 24.9 Å². The molecule has 0 aromatic carbocycles. The van der Waals surface area contributed by atoms with E-state index in [1.165, 1.54) is 0 Å². The molecule has 3 heterocycles. The van der Waals surface area contributed by atoms with Crippen LogP contribution < -0.4 is 0 Å². The third-order valence-electron chi connectivity index (χ3n) is 9.11. The third kappa shape index (κ3) is 5.64. The molecule has 0 aliphatic carbocycles. The van der Waals surface area contributed by atoms with Gasteiger partial charge in [-0.1, -0.05) is 46.8 Å². The summed E-state index contributed by atoms with van der Waals surface area (Å²) >= 11 is 1.68. The first-order valence-corrected chi connectivity index (χ1v) is 15.6. The van der Waals surface area contributed by atoms with Gasteiger partial charge in [0.25, 0.3) is 0 Å². The van der Waals surface area contributed by atoms with Gasteiger partial charge in [-0.2, -0.15) is 0 Å². The zero-order valence-electron chi connectivity index (χ0n) is 26.3. The first-order chi connectivity index (χ1) is 18.4. The van der Waals surface area contributed by atoms with Crippen molar-refractivity contribution in [1.82, 2.24) is 14.7 Å². The smallest absolute Gasteiger partial charge is 0.247 e. The van der Waals surface area contributed by atoms with E-state index in [2.05, 4.69) is 68.5 Å². The Labute approximate surface area is 246 Å². The highest BCUT2D eigenvalue weighted by Crippen LogP contribution is 2.72. The predicted octanol–water partition coefficient (Wildman–Crippen LogP) is 4.75. The van der Waals surface area contributed by atoms with E-state index in [0.29, 0.717) is 25.9 Å². The van der Waals surface area contributed by atoms with E-state index in [-0.39, 0.29) is 35.7 Å². The van der Waals surface area contributed by atoms with Gasteiger partial charge in [-0.25, -0.2) is 0 Å². The van der Waals surface area contributed by atoms with Gasteiger partial charge in [-0.3, -0.25) is 14.4 Å². The number of rotatable bonds is 12. The molecule has 1 spiro atoms. The fourth-order valence-corrected chi connectivity index (χ4v) is 10.4. The molecule has 3 rings (SSSR count). The van der Waals surface area contributed by atoms with Crippen LogP contribution >= 0.6 is 11.8 Å². The lowest BCUT2D eigenvalue weighted by atomic mass is 9.66. The summed E-state index contributed by atoms with van der Waals surface area (Å²) in [5, 5.41) is 10.6. The molecule has 226 valence electrons.